The molecule has 0 saturated heterocycles. The molecule has 17 heavy (non-hydrogen) atoms. The van der Waals surface area contributed by atoms with Gasteiger partial charge in [0.25, 0.3) is 5.91 Å². The molecule has 1 aliphatic rings. The molecule has 3 N–H and O–H groups in total. The third-order valence-electron chi connectivity index (χ3n) is 3.42. The number of halogens is 1. The molecule has 2 rings (SSSR count). The first-order valence-corrected chi connectivity index (χ1v) is 6.31. The summed E-state index contributed by atoms with van der Waals surface area (Å²) in [5.41, 5.74) is 6.67. The number of rotatable bonds is 2. The lowest BCUT2D eigenvalue weighted by Crippen LogP contribution is -2.36. The molecule has 2 unspecified atom stereocenters. The molecule has 0 aliphatic heterocycles. The summed E-state index contributed by atoms with van der Waals surface area (Å²) >= 11 is 6.01. The molecule has 3 nitrogen and oxygen atoms in total. The molecular formula is C13H17ClN2O. The van der Waals surface area contributed by atoms with Crippen LogP contribution < -0.4 is 11.1 Å². The van der Waals surface area contributed by atoms with Gasteiger partial charge >= 0.3 is 0 Å². The van der Waals surface area contributed by atoms with Crippen molar-refractivity contribution in [3.05, 3.63) is 28.8 Å². The maximum Gasteiger partial charge on any atom is 0.253 e. The number of benzene rings is 1. The van der Waals surface area contributed by atoms with E-state index in [0.717, 1.165) is 6.42 Å². The first-order chi connectivity index (χ1) is 8.08. The minimum atomic E-state index is -0.103. The molecule has 0 spiro atoms. The van der Waals surface area contributed by atoms with Crippen LogP contribution in [0.2, 0.25) is 5.02 Å². The van der Waals surface area contributed by atoms with Gasteiger partial charge in [0.1, 0.15) is 0 Å². The monoisotopic (exact) mass is 252 g/mol. The van der Waals surface area contributed by atoms with Crippen LogP contribution in [0.3, 0.4) is 0 Å². The van der Waals surface area contributed by atoms with Crippen LogP contribution in [0.4, 0.5) is 5.69 Å². The van der Waals surface area contributed by atoms with Crippen LogP contribution in [0.15, 0.2) is 18.2 Å². The van der Waals surface area contributed by atoms with Crippen molar-refractivity contribution < 1.29 is 4.79 Å². The molecule has 1 aromatic carbocycles. The van der Waals surface area contributed by atoms with E-state index in [-0.39, 0.29) is 11.9 Å². The molecule has 2 atom stereocenters. The highest BCUT2D eigenvalue weighted by atomic mass is 35.5. The number of nitrogen functional groups attached to an aromatic ring is 1. The van der Waals surface area contributed by atoms with Crippen LogP contribution in [0, 0.1) is 5.92 Å². The van der Waals surface area contributed by atoms with Gasteiger partial charge in [0, 0.05) is 11.7 Å². The number of carbonyl (C=O) groups excluding carboxylic acids is 1. The Labute approximate surface area is 106 Å². The molecule has 0 bridgehead atoms. The normalized spacial score (nSPS) is 23.6. The summed E-state index contributed by atoms with van der Waals surface area (Å²) in [6.45, 7) is 2.17. The van der Waals surface area contributed by atoms with Crippen LogP contribution in [0.1, 0.15) is 36.5 Å². The van der Waals surface area contributed by atoms with Crippen LogP contribution in [0.25, 0.3) is 0 Å². The van der Waals surface area contributed by atoms with Crippen molar-refractivity contribution in [3.8, 4) is 0 Å². The van der Waals surface area contributed by atoms with Crippen LogP contribution >= 0.6 is 11.6 Å². The van der Waals surface area contributed by atoms with Crippen molar-refractivity contribution in [2.24, 2.45) is 5.92 Å². The summed E-state index contributed by atoms with van der Waals surface area (Å²) in [4.78, 5) is 12.0. The molecular weight excluding hydrogens is 236 g/mol. The third-order valence-corrected chi connectivity index (χ3v) is 3.73. The second-order valence-electron chi connectivity index (χ2n) is 4.73. The van der Waals surface area contributed by atoms with Gasteiger partial charge < -0.3 is 11.1 Å². The fraction of sp³-hybridized carbons (Fsp3) is 0.462. The zero-order chi connectivity index (χ0) is 12.4. The number of amides is 1. The van der Waals surface area contributed by atoms with Crippen molar-refractivity contribution in [1.82, 2.24) is 5.32 Å². The zero-order valence-corrected chi connectivity index (χ0v) is 10.6. The van der Waals surface area contributed by atoms with E-state index in [4.69, 9.17) is 17.3 Å². The van der Waals surface area contributed by atoms with Crippen LogP contribution in [-0.4, -0.2) is 11.9 Å². The summed E-state index contributed by atoms with van der Waals surface area (Å²) < 4.78 is 0. The van der Waals surface area contributed by atoms with Gasteiger partial charge in [-0.05, 0) is 37.0 Å². The molecule has 1 amide bonds. The van der Waals surface area contributed by atoms with Gasteiger partial charge in [-0.2, -0.15) is 0 Å². The lowest BCUT2D eigenvalue weighted by Gasteiger charge is -2.17. The maximum atomic E-state index is 12.0. The zero-order valence-electron chi connectivity index (χ0n) is 9.87. The van der Waals surface area contributed by atoms with E-state index in [9.17, 15) is 4.79 Å². The summed E-state index contributed by atoms with van der Waals surface area (Å²) in [5, 5.41) is 3.45. The van der Waals surface area contributed by atoms with Crippen molar-refractivity contribution in [2.75, 3.05) is 5.73 Å². The SMILES string of the molecule is CC1CCCC1NC(=O)c1ccc(N)cc1Cl. The van der Waals surface area contributed by atoms with Gasteiger partial charge in [0.15, 0.2) is 0 Å². The van der Waals surface area contributed by atoms with Gasteiger partial charge in [0.2, 0.25) is 0 Å². The lowest BCUT2D eigenvalue weighted by atomic mass is 10.1. The number of anilines is 1. The number of hydrogen-bond donors (Lipinski definition) is 2. The number of nitrogens with two attached hydrogens (primary N) is 1. The van der Waals surface area contributed by atoms with Crippen molar-refractivity contribution in [3.63, 3.8) is 0 Å². The second-order valence-corrected chi connectivity index (χ2v) is 5.13. The van der Waals surface area contributed by atoms with Gasteiger partial charge in [-0.1, -0.05) is 24.9 Å². The van der Waals surface area contributed by atoms with E-state index in [1.807, 2.05) is 0 Å². The Balaban J connectivity index is 2.09. The Morgan fingerprint density at radius 1 is 1.47 bits per heavy atom. The van der Waals surface area contributed by atoms with E-state index in [2.05, 4.69) is 12.2 Å². The largest absolute Gasteiger partial charge is 0.399 e. The lowest BCUT2D eigenvalue weighted by molar-refractivity contribution is 0.0930. The molecule has 1 aliphatic carbocycles. The Hall–Kier alpha value is -1.22. The van der Waals surface area contributed by atoms with Gasteiger partial charge in [0.05, 0.1) is 10.6 Å². The highest BCUT2D eigenvalue weighted by molar-refractivity contribution is 6.34. The second kappa shape index (κ2) is 4.96. The minimum absolute atomic E-state index is 0.103. The van der Waals surface area contributed by atoms with Gasteiger partial charge in [-0.25, -0.2) is 0 Å². The van der Waals surface area contributed by atoms with Gasteiger partial charge in [-0.15, -0.1) is 0 Å². The molecule has 0 radical (unpaired) electrons. The first kappa shape index (κ1) is 12.2. The maximum absolute atomic E-state index is 12.0. The van der Waals surface area contributed by atoms with Gasteiger partial charge in [-0.3, -0.25) is 4.79 Å². The summed E-state index contributed by atoms with van der Waals surface area (Å²) in [7, 11) is 0. The standard InChI is InChI=1S/C13H17ClN2O/c1-8-3-2-4-12(8)16-13(17)10-6-5-9(15)7-11(10)14/h5-8,12H,2-4,15H2,1H3,(H,16,17). The molecule has 0 aromatic heterocycles. The molecule has 4 heteroatoms. The van der Waals surface area contributed by atoms with E-state index in [0.29, 0.717) is 22.2 Å². The average Bonchev–Trinajstić information content (AvgIpc) is 2.64. The Morgan fingerprint density at radius 3 is 2.82 bits per heavy atom. The highest BCUT2D eigenvalue weighted by Crippen LogP contribution is 2.26. The third kappa shape index (κ3) is 2.72. The Bertz CT molecular complexity index is 433. The minimum Gasteiger partial charge on any atom is -0.399 e. The molecule has 1 saturated carbocycles. The quantitative estimate of drug-likeness (QED) is 0.796. The van der Waals surface area contributed by atoms with Crippen molar-refractivity contribution in [2.45, 2.75) is 32.2 Å². The van der Waals surface area contributed by atoms with Crippen molar-refractivity contribution in [1.29, 1.82) is 0 Å². The average molecular weight is 253 g/mol. The summed E-state index contributed by atoms with van der Waals surface area (Å²) in [6.07, 6.45) is 3.42. The molecule has 1 aromatic rings. The smallest absolute Gasteiger partial charge is 0.253 e. The topological polar surface area (TPSA) is 55.1 Å². The fourth-order valence-corrected chi connectivity index (χ4v) is 2.60. The molecule has 1 fully saturated rings. The Morgan fingerprint density at radius 2 is 2.24 bits per heavy atom. The predicted octanol–water partition coefficient (Wildman–Crippen LogP) is 2.84. The number of nitrogens with one attached hydrogen (secondary N) is 1. The van der Waals surface area contributed by atoms with Crippen LogP contribution in [0.5, 0.6) is 0 Å². The Kier molecular flexibility index (Phi) is 3.57. The molecule has 0 heterocycles. The van der Waals surface area contributed by atoms with E-state index < -0.39 is 0 Å². The fourth-order valence-electron chi connectivity index (χ4n) is 2.32. The van der Waals surface area contributed by atoms with E-state index in [1.54, 1.807) is 18.2 Å². The number of carbonyl (C=O) groups is 1. The first-order valence-electron chi connectivity index (χ1n) is 5.94. The summed E-state index contributed by atoms with van der Waals surface area (Å²) in [6, 6.07) is 5.25. The number of hydrogen-bond acceptors (Lipinski definition) is 2. The summed E-state index contributed by atoms with van der Waals surface area (Å²) in [5.74, 6) is 0.445. The highest BCUT2D eigenvalue weighted by Gasteiger charge is 2.25. The van der Waals surface area contributed by atoms with Crippen LogP contribution in [-0.2, 0) is 0 Å². The van der Waals surface area contributed by atoms with E-state index in [1.165, 1.54) is 12.8 Å². The molecule has 92 valence electrons. The predicted molar refractivity (Wildman–Crippen MR) is 70.1 cm³/mol. The van der Waals surface area contributed by atoms with E-state index >= 15 is 0 Å². The van der Waals surface area contributed by atoms with Crippen molar-refractivity contribution >= 4 is 23.2 Å².